The maximum absolute atomic E-state index is 13.6. The smallest absolute Gasteiger partial charge is 0.147 e. The van der Waals surface area contributed by atoms with Crippen molar-refractivity contribution in [3.8, 4) is 0 Å². The Bertz CT molecular complexity index is 600. The molecule has 0 fully saturated rings. The van der Waals surface area contributed by atoms with Gasteiger partial charge in [0.05, 0.1) is 28.2 Å². The monoisotopic (exact) mass is 341 g/mol. The van der Waals surface area contributed by atoms with Crippen LogP contribution >= 0.6 is 15.9 Å². The number of pyridine rings is 1. The summed E-state index contributed by atoms with van der Waals surface area (Å²) in [5.41, 5.74) is 2.09. The molecule has 0 spiro atoms. The second-order valence-electron chi connectivity index (χ2n) is 4.49. The van der Waals surface area contributed by atoms with E-state index >= 15 is 0 Å². The second-order valence-corrected chi connectivity index (χ2v) is 5.29. The van der Waals surface area contributed by atoms with E-state index in [9.17, 15) is 9.50 Å². The lowest BCUT2D eigenvalue weighted by Gasteiger charge is -2.13. The van der Waals surface area contributed by atoms with E-state index in [4.69, 9.17) is 0 Å². The Morgan fingerprint density at radius 1 is 1.45 bits per heavy atom. The topological polar surface area (TPSA) is 50.9 Å². The lowest BCUT2D eigenvalue weighted by molar-refractivity contribution is 0.170. The van der Waals surface area contributed by atoms with Crippen LogP contribution in [-0.2, 0) is 19.4 Å². The van der Waals surface area contributed by atoms with Gasteiger partial charge in [-0.1, -0.05) is 6.92 Å². The summed E-state index contributed by atoms with van der Waals surface area (Å²) in [6.07, 6.45) is 2.79. The predicted octanol–water partition coefficient (Wildman–Crippen LogP) is 3.04. The normalized spacial score (nSPS) is 12.7. The molecule has 0 saturated heterocycles. The fourth-order valence-corrected chi connectivity index (χ4v) is 2.89. The summed E-state index contributed by atoms with van der Waals surface area (Å²) in [6, 6.07) is 1.50. The van der Waals surface area contributed by atoms with E-state index in [1.54, 1.807) is 0 Å². The zero-order valence-electron chi connectivity index (χ0n) is 11.5. The molecule has 2 heterocycles. The fraction of sp³-hybridized carbons (Fsp3) is 0.429. The molecule has 0 saturated carbocycles. The molecule has 0 aliphatic heterocycles. The minimum atomic E-state index is -0.916. The molecule has 2 aromatic rings. The number of hydrogen-bond donors (Lipinski definition) is 1. The molecule has 6 heteroatoms. The molecule has 0 radical (unpaired) electrons. The molecular weight excluding hydrogens is 325 g/mol. The Hall–Kier alpha value is -1.27. The van der Waals surface area contributed by atoms with Crippen LogP contribution in [0, 0.1) is 5.82 Å². The first-order chi connectivity index (χ1) is 9.58. The molecule has 0 amide bonds. The van der Waals surface area contributed by atoms with Gasteiger partial charge in [-0.3, -0.25) is 9.67 Å². The molecule has 20 heavy (non-hydrogen) atoms. The number of aryl methyl sites for hydroxylation is 2. The average Bonchev–Trinajstić information content (AvgIpc) is 2.75. The van der Waals surface area contributed by atoms with Crippen LogP contribution in [0.5, 0.6) is 0 Å². The summed E-state index contributed by atoms with van der Waals surface area (Å²) < 4.78 is 16.4. The summed E-state index contributed by atoms with van der Waals surface area (Å²) in [7, 11) is 0. The predicted molar refractivity (Wildman–Crippen MR) is 77.8 cm³/mol. The van der Waals surface area contributed by atoms with Gasteiger partial charge >= 0.3 is 0 Å². The number of aliphatic hydroxyl groups excluding tert-OH is 1. The number of hydrogen-bond acceptors (Lipinski definition) is 3. The van der Waals surface area contributed by atoms with Gasteiger partial charge in [0.2, 0.25) is 0 Å². The minimum absolute atomic E-state index is 0.258. The quantitative estimate of drug-likeness (QED) is 0.909. The maximum atomic E-state index is 13.6. The zero-order chi connectivity index (χ0) is 14.7. The van der Waals surface area contributed by atoms with Gasteiger partial charge in [0.1, 0.15) is 5.82 Å². The van der Waals surface area contributed by atoms with E-state index in [1.165, 1.54) is 12.3 Å². The standard InChI is InChI=1S/C14H17BrFN3O/c1-3-11-14(15)12(19(4-2)18-11)7-13(20)9-5-6-17-8-10(9)16/h5-6,8,13,20H,3-4,7H2,1-2H3. The summed E-state index contributed by atoms with van der Waals surface area (Å²) in [6.45, 7) is 4.72. The molecule has 2 rings (SSSR count). The van der Waals surface area contributed by atoms with E-state index in [-0.39, 0.29) is 5.56 Å². The molecule has 1 atom stereocenters. The van der Waals surface area contributed by atoms with E-state index < -0.39 is 11.9 Å². The van der Waals surface area contributed by atoms with E-state index in [2.05, 4.69) is 26.0 Å². The minimum Gasteiger partial charge on any atom is -0.388 e. The third kappa shape index (κ3) is 2.91. The third-order valence-electron chi connectivity index (χ3n) is 3.24. The maximum Gasteiger partial charge on any atom is 0.147 e. The molecule has 0 aliphatic rings. The summed E-state index contributed by atoms with van der Waals surface area (Å²) >= 11 is 3.52. The lowest BCUT2D eigenvalue weighted by atomic mass is 10.1. The summed E-state index contributed by atoms with van der Waals surface area (Å²) in [5, 5.41) is 14.7. The van der Waals surface area contributed by atoms with Gasteiger partial charge < -0.3 is 5.11 Å². The number of halogens is 2. The fourth-order valence-electron chi connectivity index (χ4n) is 2.16. The highest BCUT2D eigenvalue weighted by Gasteiger charge is 2.20. The number of aromatic nitrogens is 3. The van der Waals surface area contributed by atoms with Crippen LogP contribution in [-0.4, -0.2) is 19.9 Å². The molecule has 0 aliphatic carbocycles. The van der Waals surface area contributed by atoms with Crippen molar-refractivity contribution in [1.82, 2.24) is 14.8 Å². The van der Waals surface area contributed by atoms with Crippen LogP contribution < -0.4 is 0 Å². The third-order valence-corrected chi connectivity index (χ3v) is 4.16. The molecule has 0 bridgehead atoms. The van der Waals surface area contributed by atoms with Crippen molar-refractivity contribution in [2.75, 3.05) is 0 Å². The Kier molecular flexibility index (Phi) is 4.88. The molecule has 1 unspecified atom stereocenters. The summed E-state index contributed by atoms with van der Waals surface area (Å²) in [5.74, 6) is -0.491. The average molecular weight is 342 g/mol. The number of rotatable bonds is 5. The van der Waals surface area contributed by atoms with Crippen molar-refractivity contribution in [2.45, 2.75) is 39.3 Å². The summed E-state index contributed by atoms with van der Waals surface area (Å²) in [4.78, 5) is 3.69. The van der Waals surface area contributed by atoms with Crippen molar-refractivity contribution in [2.24, 2.45) is 0 Å². The van der Waals surface area contributed by atoms with Crippen molar-refractivity contribution in [3.05, 3.63) is 45.7 Å². The Morgan fingerprint density at radius 3 is 2.80 bits per heavy atom. The second kappa shape index (κ2) is 6.45. The molecular formula is C14H17BrFN3O. The highest BCUT2D eigenvalue weighted by atomic mass is 79.9. The van der Waals surface area contributed by atoms with Crippen LogP contribution in [0.2, 0.25) is 0 Å². The van der Waals surface area contributed by atoms with Crippen LogP contribution in [0.3, 0.4) is 0 Å². The van der Waals surface area contributed by atoms with Gasteiger partial charge in [0.25, 0.3) is 0 Å². The largest absolute Gasteiger partial charge is 0.388 e. The van der Waals surface area contributed by atoms with Crippen LogP contribution in [0.15, 0.2) is 22.9 Å². The number of nitrogens with zero attached hydrogens (tertiary/aromatic N) is 3. The highest BCUT2D eigenvalue weighted by molar-refractivity contribution is 9.10. The molecule has 2 aromatic heterocycles. The van der Waals surface area contributed by atoms with E-state index in [0.717, 1.165) is 28.5 Å². The van der Waals surface area contributed by atoms with Gasteiger partial charge in [-0.2, -0.15) is 5.10 Å². The lowest BCUT2D eigenvalue weighted by Crippen LogP contribution is -2.10. The van der Waals surface area contributed by atoms with Crippen LogP contribution in [0.1, 0.15) is 36.9 Å². The molecule has 0 aromatic carbocycles. The Balaban J connectivity index is 2.30. The SMILES string of the molecule is CCc1nn(CC)c(CC(O)c2ccncc2F)c1Br. The zero-order valence-corrected chi connectivity index (χ0v) is 13.1. The Labute approximate surface area is 125 Å². The van der Waals surface area contributed by atoms with Crippen molar-refractivity contribution in [3.63, 3.8) is 0 Å². The van der Waals surface area contributed by atoms with E-state index in [0.29, 0.717) is 13.0 Å². The van der Waals surface area contributed by atoms with Gasteiger partial charge in [0.15, 0.2) is 0 Å². The van der Waals surface area contributed by atoms with Gasteiger partial charge in [0, 0.05) is 24.7 Å². The van der Waals surface area contributed by atoms with Crippen LogP contribution in [0.4, 0.5) is 4.39 Å². The number of aliphatic hydroxyl groups is 1. The van der Waals surface area contributed by atoms with Gasteiger partial charge in [-0.15, -0.1) is 0 Å². The van der Waals surface area contributed by atoms with Crippen molar-refractivity contribution >= 4 is 15.9 Å². The first-order valence-corrected chi connectivity index (χ1v) is 7.39. The van der Waals surface area contributed by atoms with Gasteiger partial charge in [-0.05, 0) is 35.3 Å². The molecule has 108 valence electrons. The molecule has 4 nitrogen and oxygen atoms in total. The van der Waals surface area contributed by atoms with Crippen molar-refractivity contribution < 1.29 is 9.50 Å². The van der Waals surface area contributed by atoms with E-state index in [1.807, 2.05) is 18.5 Å². The van der Waals surface area contributed by atoms with Crippen LogP contribution in [0.25, 0.3) is 0 Å². The van der Waals surface area contributed by atoms with Gasteiger partial charge in [-0.25, -0.2) is 4.39 Å². The molecule has 1 N–H and O–H groups in total. The first kappa shape index (κ1) is 15.1. The first-order valence-electron chi connectivity index (χ1n) is 6.59. The Morgan fingerprint density at radius 2 is 2.20 bits per heavy atom. The van der Waals surface area contributed by atoms with Crippen molar-refractivity contribution in [1.29, 1.82) is 0 Å². The highest BCUT2D eigenvalue weighted by Crippen LogP contribution is 2.28.